The average Bonchev–Trinajstić information content (AvgIpc) is 2.85. The van der Waals surface area contributed by atoms with Crippen LogP contribution in [0, 0.1) is 17.8 Å². The smallest absolute Gasteiger partial charge is 0.119 e. The summed E-state index contributed by atoms with van der Waals surface area (Å²) in [6.45, 7) is 16.7. The van der Waals surface area contributed by atoms with E-state index in [2.05, 4.69) is 64.6 Å². The van der Waals surface area contributed by atoms with Gasteiger partial charge in [0, 0.05) is 19.5 Å². The van der Waals surface area contributed by atoms with Crippen molar-refractivity contribution in [2.24, 2.45) is 17.8 Å². The highest BCUT2D eigenvalue weighted by Crippen LogP contribution is 2.22. The van der Waals surface area contributed by atoms with Crippen molar-refractivity contribution in [3.05, 3.63) is 11.6 Å². The lowest BCUT2D eigenvalue weighted by Gasteiger charge is -2.24. The van der Waals surface area contributed by atoms with Crippen molar-refractivity contribution >= 4 is 6.29 Å². The fraction of sp³-hybridized carbons (Fsp3) is 0.914. The number of hydrogen-bond donors (Lipinski definition) is 0. The third kappa shape index (κ3) is 26.9. The molecule has 0 heterocycles. The Morgan fingerprint density at radius 2 is 1.13 bits per heavy atom. The quantitative estimate of drug-likeness (QED) is 0.0567. The van der Waals surface area contributed by atoms with Crippen LogP contribution in [0.25, 0.3) is 0 Å². The molecule has 0 saturated carbocycles. The second kappa shape index (κ2) is 26.5. The van der Waals surface area contributed by atoms with Crippen LogP contribution in [-0.4, -0.2) is 56.4 Å². The van der Waals surface area contributed by atoms with Crippen LogP contribution in [0.2, 0.25) is 0 Å². The van der Waals surface area contributed by atoms with Crippen molar-refractivity contribution < 1.29 is 4.79 Å². The van der Waals surface area contributed by atoms with Gasteiger partial charge in [-0.3, -0.25) is 0 Å². The summed E-state index contributed by atoms with van der Waals surface area (Å²) < 4.78 is 0. The first kappa shape index (κ1) is 37.3. The van der Waals surface area contributed by atoms with Gasteiger partial charge >= 0.3 is 0 Å². The summed E-state index contributed by atoms with van der Waals surface area (Å²) in [5.41, 5.74) is 1.61. The predicted molar refractivity (Wildman–Crippen MR) is 171 cm³/mol. The molecule has 0 aliphatic heterocycles. The van der Waals surface area contributed by atoms with Gasteiger partial charge in [-0.1, -0.05) is 104 Å². The number of aldehydes is 1. The Labute approximate surface area is 240 Å². The van der Waals surface area contributed by atoms with Gasteiger partial charge in [0.2, 0.25) is 0 Å². The summed E-state index contributed by atoms with van der Waals surface area (Å²) in [5, 5.41) is 0. The van der Waals surface area contributed by atoms with E-state index in [4.69, 9.17) is 0 Å². The van der Waals surface area contributed by atoms with E-state index in [0.717, 1.165) is 43.4 Å². The first-order valence-electron chi connectivity index (χ1n) is 16.7. The zero-order chi connectivity index (χ0) is 28.4. The highest BCUT2D eigenvalue weighted by Gasteiger charge is 2.07. The van der Waals surface area contributed by atoms with Gasteiger partial charge < -0.3 is 14.6 Å². The second-order valence-electron chi connectivity index (χ2n) is 13.3. The number of rotatable bonds is 28. The molecule has 0 radical (unpaired) electrons. The monoisotopic (exact) mass is 535 g/mol. The highest BCUT2D eigenvalue weighted by molar-refractivity contribution is 5.48. The number of carbonyl (C=O) groups excluding carboxylic acids is 1. The van der Waals surface area contributed by atoms with E-state index in [-0.39, 0.29) is 0 Å². The maximum Gasteiger partial charge on any atom is 0.119 e. The summed E-state index contributed by atoms with van der Waals surface area (Å²) in [4.78, 5) is 15.4. The van der Waals surface area contributed by atoms with Crippen molar-refractivity contribution in [1.82, 2.24) is 9.80 Å². The summed E-state index contributed by atoms with van der Waals surface area (Å²) in [6.07, 6.45) is 27.0. The lowest BCUT2D eigenvalue weighted by atomic mass is 9.91. The second-order valence-corrected chi connectivity index (χ2v) is 13.3. The zero-order valence-corrected chi connectivity index (χ0v) is 27.2. The first-order chi connectivity index (χ1) is 18.2. The molecule has 38 heavy (non-hydrogen) atoms. The van der Waals surface area contributed by atoms with Gasteiger partial charge in [0.25, 0.3) is 0 Å². The molecular formula is C35H70N2O. The molecule has 3 nitrogen and oxygen atoms in total. The molecule has 0 aromatic carbocycles. The Bertz CT molecular complexity index is 542. The van der Waals surface area contributed by atoms with Gasteiger partial charge in [0.05, 0.1) is 0 Å². The van der Waals surface area contributed by atoms with Crippen LogP contribution < -0.4 is 0 Å². The van der Waals surface area contributed by atoms with Gasteiger partial charge in [-0.15, -0.1) is 0 Å². The SMILES string of the molecule is C/C(=C\CCCCCCN(CCCCCC=O)CCN(C)C)CCCC(C)CCCC(C)CCCC(C)C. The van der Waals surface area contributed by atoms with E-state index in [9.17, 15) is 4.79 Å². The van der Waals surface area contributed by atoms with Crippen LogP contribution in [-0.2, 0) is 4.79 Å². The maximum atomic E-state index is 10.5. The van der Waals surface area contributed by atoms with Crippen LogP contribution in [0.1, 0.15) is 150 Å². The fourth-order valence-electron chi connectivity index (χ4n) is 5.41. The predicted octanol–water partition coefficient (Wildman–Crippen LogP) is 9.95. The molecule has 0 N–H and O–H groups in total. The van der Waals surface area contributed by atoms with Crippen LogP contribution >= 0.6 is 0 Å². The zero-order valence-electron chi connectivity index (χ0n) is 27.2. The Morgan fingerprint density at radius 1 is 0.605 bits per heavy atom. The van der Waals surface area contributed by atoms with Crippen LogP contribution in [0.15, 0.2) is 11.6 Å². The van der Waals surface area contributed by atoms with Gasteiger partial charge in [0.15, 0.2) is 0 Å². The largest absolute Gasteiger partial charge is 0.308 e. The van der Waals surface area contributed by atoms with Crippen LogP contribution in [0.3, 0.4) is 0 Å². The van der Waals surface area contributed by atoms with Crippen molar-refractivity contribution in [2.75, 3.05) is 40.3 Å². The van der Waals surface area contributed by atoms with Crippen LogP contribution in [0.4, 0.5) is 0 Å². The van der Waals surface area contributed by atoms with Crippen molar-refractivity contribution in [3.63, 3.8) is 0 Å². The van der Waals surface area contributed by atoms with Gasteiger partial charge in [-0.2, -0.15) is 0 Å². The van der Waals surface area contributed by atoms with Crippen molar-refractivity contribution in [3.8, 4) is 0 Å². The molecule has 0 spiro atoms. The van der Waals surface area contributed by atoms with E-state index < -0.39 is 0 Å². The minimum atomic E-state index is 0.725. The lowest BCUT2D eigenvalue weighted by molar-refractivity contribution is -0.107. The van der Waals surface area contributed by atoms with E-state index >= 15 is 0 Å². The molecule has 0 aromatic rings. The Kier molecular flexibility index (Phi) is 26.1. The number of nitrogens with zero attached hydrogens (tertiary/aromatic N) is 2. The molecule has 2 atom stereocenters. The Hall–Kier alpha value is -0.670. The molecule has 0 aliphatic carbocycles. The minimum absolute atomic E-state index is 0.725. The number of unbranched alkanes of at least 4 members (excludes halogenated alkanes) is 7. The average molecular weight is 535 g/mol. The Balaban J connectivity index is 3.83. The van der Waals surface area contributed by atoms with E-state index in [0.29, 0.717) is 0 Å². The molecule has 2 unspecified atom stereocenters. The fourth-order valence-corrected chi connectivity index (χ4v) is 5.41. The van der Waals surface area contributed by atoms with Crippen molar-refractivity contribution in [1.29, 1.82) is 0 Å². The molecule has 3 heteroatoms. The minimum Gasteiger partial charge on any atom is -0.308 e. The molecule has 0 bridgehead atoms. The standard InChI is InChI=1S/C35H70N2O/c1-32(2)20-17-22-34(4)24-19-26-35(5)25-18-23-33(3)21-13-9-8-10-14-27-37(30-29-36(6)7)28-15-11-12-16-31-38/h21,31-32,34-35H,8-20,22-30H2,1-7H3/b33-21+. The molecule has 226 valence electrons. The van der Waals surface area contributed by atoms with Crippen LogP contribution in [0.5, 0.6) is 0 Å². The Morgan fingerprint density at radius 3 is 1.71 bits per heavy atom. The molecule has 0 aliphatic rings. The molecule has 0 amide bonds. The van der Waals surface area contributed by atoms with E-state index in [1.54, 1.807) is 5.57 Å². The summed E-state index contributed by atoms with van der Waals surface area (Å²) >= 11 is 0. The van der Waals surface area contributed by atoms with E-state index in [1.165, 1.54) is 122 Å². The molecule has 0 fully saturated rings. The molecule has 0 rings (SSSR count). The topological polar surface area (TPSA) is 23.6 Å². The summed E-state index contributed by atoms with van der Waals surface area (Å²) in [6, 6.07) is 0. The van der Waals surface area contributed by atoms with Gasteiger partial charge in [-0.25, -0.2) is 0 Å². The summed E-state index contributed by atoms with van der Waals surface area (Å²) in [5.74, 6) is 2.67. The number of likely N-dealkylation sites (N-methyl/N-ethyl adjacent to an activating group) is 1. The van der Waals surface area contributed by atoms with Crippen molar-refractivity contribution in [2.45, 2.75) is 150 Å². The maximum absolute atomic E-state index is 10.5. The lowest BCUT2D eigenvalue weighted by Crippen LogP contribution is -2.33. The third-order valence-corrected chi connectivity index (χ3v) is 8.22. The normalized spacial score (nSPS) is 14.1. The third-order valence-electron chi connectivity index (χ3n) is 8.22. The van der Waals surface area contributed by atoms with Gasteiger partial charge in [0.1, 0.15) is 6.29 Å². The number of carbonyl (C=O) groups is 1. The molecular weight excluding hydrogens is 464 g/mol. The highest BCUT2D eigenvalue weighted by atomic mass is 16.1. The summed E-state index contributed by atoms with van der Waals surface area (Å²) in [7, 11) is 4.33. The van der Waals surface area contributed by atoms with E-state index in [1.807, 2.05) is 0 Å². The number of allylic oxidation sites excluding steroid dienone is 2. The molecule has 0 saturated heterocycles. The first-order valence-corrected chi connectivity index (χ1v) is 16.7. The molecule has 0 aromatic heterocycles. The van der Waals surface area contributed by atoms with Gasteiger partial charge in [-0.05, 0) is 96.8 Å². The number of hydrogen-bond acceptors (Lipinski definition) is 3.